The Morgan fingerprint density at radius 1 is 1.71 bits per heavy atom. The quantitative estimate of drug-likeness (QED) is 0.856. The minimum absolute atomic E-state index is 0.196. The Labute approximate surface area is 100 Å². The maximum Gasteiger partial charge on any atom is 0.337 e. The van der Waals surface area contributed by atoms with Crippen LogP contribution in [0, 0.1) is 0 Å². The Hall–Kier alpha value is -1.62. The van der Waals surface area contributed by atoms with Crippen molar-refractivity contribution in [3.05, 3.63) is 24.0 Å². The number of anilines is 1. The third-order valence-electron chi connectivity index (χ3n) is 2.94. The van der Waals surface area contributed by atoms with Crippen LogP contribution in [-0.4, -0.2) is 42.4 Å². The molecule has 0 radical (unpaired) electrons. The molecule has 1 unspecified atom stereocenters. The molecule has 1 aliphatic rings. The fraction of sp³-hybridized carbons (Fsp3) is 0.500. The van der Waals surface area contributed by atoms with E-state index in [1.54, 1.807) is 6.20 Å². The molecule has 0 spiro atoms. The van der Waals surface area contributed by atoms with Gasteiger partial charge in [-0.25, -0.2) is 4.79 Å². The van der Waals surface area contributed by atoms with Crippen LogP contribution >= 0.6 is 0 Å². The van der Waals surface area contributed by atoms with E-state index in [0.717, 1.165) is 19.4 Å². The monoisotopic (exact) mass is 236 g/mol. The zero-order valence-corrected chi connectivity index (χ0v) is 9.80. The number of nitrogens with zero attached hydrogens (tertiary/aromatic N) is 2. The summed E-state index contributed by atoms with van der Waals surface area (Å²) in [5, 5.41) is 9.09. The Bertz CT molecular complexity index is 402. The largest absolute Gasteiger partial charge is 0.478 e. The normalized spacial score (nSPS) is 19.2. The van der Waals surface area contributed by atoms with Gasteiger partial charge in [0.25, 0.3) is 0 Å². The van der Waals surface area contributed by atoms with Crippen molar-refractivity contribution in [2.75, 3.05) is 25.1 Å². The lowest BCUT2D eigenvalue weighted by molar-refractivity contribution is 0.0697. The van der Waals surface area contributed by atoms with E-state index in [9.17, 15) is 4.79 Å². The van der Waals surface area contributed by atoms with Gasteiger partial charge in [-0.1, -0.05) is 0 Å². The molecule has 1 aliphatic heterocycles. The van der Waals surface area contributed by atoms with Gasteiger partial charge in [0.05, 0.1) is 23.6 Å². The highest BCUT2D eigenvalue weighted by atomic mass is 16.5. The predicted molar refractivity (Wildman–Crippen MR) is 63.4 cm³/mol. The molecule has 0 aliphatic carbocycles. The molecule has 17 heavy (non-hydrogen) atoms. The molecule has 0 amide bonds. The molecule has 0 saturated carbocycles. The first kappa shape index (κ1) is 11.9. The number of rotatable bonds is 4. The number of pyridine rings is 1. The minimum atomic E-state index is -0.929. The SMILES string of the molecule is CN(CC1CCCO1)c1cnccc1C(=O)O. The molecule has 92 valence electrons. The summed E-state index contributed by atoms with van der Waals surface area (Å²) in [6.45, 7) is 1.50. The van der Waals surface area contributed by atoms with Crippen molar-refractivity contribution in [2.45, 2.75) is 18.9 Å². The minimum Gasteiger partial charge on any atom is -0.478 e. The standard InChI is InChI=1S/C12H16N2O3/c1-14(8-9-3-2-6-17-9)11-7-13-5-4-10(11)12(15)16/h4-5,7,9H,2-3,6,8H2,1H3,(H,15,16). The van der Waals surface area contributed by atoms with E-state index in [1.807, 2.05) is 11.9 Å². The molecule has 1 aromatic heterocycles. The van der Waals surface area contributed by atoms with Gasteiger partial charge in [-0.05, 0) is 18.9 Å². The Morgan fingerprint density at radius 3 is 3.18 bits per heavy atom. The summed E-state index contributed by atoms with van der Waals surface area (Å²) in [6, 6.07) is 1.52. The Kier molecular flexibility index (Phi) is 3.58. The van der Waals surface area contributed by atoms with E-state index in [-0.39, 0.29) is 11.7 Å². The lowest BCUT2D eigenvalue weighted by Crippen LogP contribution is -2.29. The van der Waals surface area contributed by atoms with Gasteiger partial charge in [-0.2, -0.15) is 0 Å². The van der Waals surface area contributed by atoms with E-state index in [2.05, 4.69) is 4.98 Å². The van der Waals surface area contributed by atoms with Gasteiger partial charge in [0.15, 0.2) is 0 Å². The Morgan fingerprint density at radius 2 is 2.53 bits per heavy atom. The van der Waals surface area contributed by atoms with E-state index >= 15 is 0 Å². The smallest absolute Gasteiger partial charge is 0.337 e. The van der Waals surface area contributed by atoms with Crippen molar-refractivity contribution < 1.29 is 14.6 Å². The number of likely N-dealkylation sites (N-methyl/N-ethyl adjacent to an activating group) is 1. The summed E-state index contributed by atoms with van der Waals surface area (Å²) in [6.07, 6.45) is 5.39. The van der Waals surface area contributed by atoms with Crippen LogP contribution in [0.2, 0.25) is 0 Å². The summed E-state index contributed by atoms with van der Waals surface area (Å²) in [4.78, 5) is 17.0. The molecule has 2 rings (SSSR count). The molecule has 2 heterocycles. The maximum absolute atomic E-state index is 11.1. The fourth-order valence-corrected chi connectivity index (χ4v) is 2.06. The molecule has 0 aromatic carbocycles. The first-order valence-electron chi connectivity index (χ1n) is 5.68. The average molecular weight is 236 g/mol. The van der Waals surface area contributed by atoms with Crippen molar-refractivity contribution in [3.8, 4) is 0 Å². The summed E-state index contributed by atoms with van der Waals surface area (Å²) < 4.78 is 5.54. The number of ether oxygens (including phenoxy) is 1. The van der Waals surface area contributed by atoms with Crippen molar-refractivity contribution in [2.24, 2.45) is 0 Å². The summed E-state index contributed by atoms with van der Waals surface area (Å²) in [5.74, 6) is -0.929. The number of carboxylic acids is 1. The molecule has 1 N–H and O–H groups in total. The number of aromatic carboxylic acids is 1. The summed E-state index contributed by atoms with van der Waals surface area (Å²) in [7, 11) is 1.87. The van der Waals surface area contributed by atoms with Gasteiger partial charge in [-0.3, -0.25) is 4.98 Å². The highest BCUT2D eigenvalue weighted by molar-refractivity contribution is 5.94. The zero-order chi connectivity index (χ0) is 12.3. The molecule has 5 heteroatoms. The topological polar surface area (TPSA) is 62.7 Å². The molecule has 0 bridgehead atoms. The number of carboxylic acid groups (broad SMARTS) is 1. The van der Waals surface area contributed by atoms with E-state index in [4.69, 9.17) is 9.84 Å². The van der Waals surface area contributed by atoms with E-state index < -0.39 is 5.97 Å². The summed E-state index contributed by atoms with van der Waals surface area (Å²) in [5.41, 5.74) is 0.913. The van der Waals surface area contributed by atoms with Crippen LogP contribution in [-0.2, 0) is 4.74 Å². The third-order valence-corrected chi connectivity index (χ3v) is 2.94. The van der Waals surface area contributed by atoms with Crippen LogP contribution < -0.4 is 4.90 Å². The third kappa shape index (κ3) is 2.74. The van der Waals surface area contributed by atoms with Gasteiger partial charge < -0.3 is 14.7 Å². The predicted octanol–water partition coefficient (Wildman–Crippen LogP) is 1.40. The average Bonchev–Trinajstić information content (AvgIpc) is 2.81. The van der Waals surface area contributed by atoms with Crippen molar-refractivity contribution in [1.29, 1.82) is 0 Å². The molecule has 1 saturated heterocycles. The maximum atomic E-state index is 11.1. The van der Waals surface area contributed by atoms with Gasteiger partial charge in [0, 0.05) is 26.4 Å². The van der Waals surface area contributed by atoms with Gasteiger partial charge in [0.1, 0.15) is 0 Å². The second-order valence-electron chi connectivity index (χ2n) is 4.21. The molecular formula is C12H16N2O3. The molecule has 1 fully saturated rings. The zero-order valence-electron chi connectivity index (χ0n) is 9.80. The van der Waals surface area contributed by atoms with Crippen LogP contribution in [0.4, 0.5) is 5.69 Å². The van der Waals surface area contributed by atoms with E-state index in [0.29, 0.717) is 12.2 Å². The highest BCUT2D eigenvalue weighted by Gasteiger charge is 2.20. The highest BCUT2D eigenvalue weighted by Crippen LogP contribution is 2.20. The van der Waals surface area contributed by atoms with Gasteiger partial charge >= 0.3 is 5.97 Å². The molecule has 5 nitrogen and oxygen atoms in total. The van der Waals surface area contributed by atoms with Gasteiger partial charge in [-0.15, -0.1) is 0 Å². The Balaban J connectivity index is 2.12. The van der Waals surface area contributed by atoms with Crippen LogP contribution in [0.15, 0.2) is 18.5 Å². The lowest BCUT2D eigenvalue weighted by atomic mass is 10.2. The molecule has 1 aromatic rings. The van der Waals surface area contributed by atoms with Crippen molar-refractivity contribution in [3.63, 3.8) is 0 Å². The second-order valence-corrected chi connectivity index (χ2v) is 4.21. The fourth-order valence-electron chi connectivity index (χ4n) is 2.06. The van der Waals surface area contributed by atoms with Crippen molar-refractivity contribution >= 4 is 11.7 Å². The number of hydrogen-bond acceptors (Lipinski definition) is 4. The molecular weight excluding hydrogens is 220 g/mol. The van der Waals surface area contributed by atoms with Crippen LogP contribution in [0.3, 0.4) is 0 Å². The first-order chi connectivity index (χ1) is 8.18. The lowest BCUT2D eigenvalue weighted by Gasteiger charge is -2.23. The number of carbonyl (C=O) groups is 1. The van der Waals surface area contributed by atoms with Crippen molar-refractivity contribution in [1.82, 2.24) is 4.98 Å². The van der Waals surface area contributed by atoms with E-state index in [1.165, 1.54) is 12.3 Å². The second kappa shape index (κ2) is 5.14. The van der Waals surface area contributed by atoms with Crippen LogP contribution in [0.1, 0.15) is 23.2 Å². The van der Waals surface area contributed by atoms with Crippen LogP contribution in [0.5, 0.6) is 0 Å². The first-order valence-corrected chi connectivity index (χ1v) is 5.68. The number of aromatic nitrogens is 1. The molecule has 1 atom stereocenters. The van der Waals surface area contributed by atoms with Gasteiger partial charge in [0.2, 0.25) is 0 Å². The van der Waals surface area contributed by atoms with Crippen LogP contribution in [0.25, 0.3) is 0 Å². The number of hydrogen-bond donors (Lipinski definition) is 1. The summed E-state index contributed by atoms with van der Waals surface area (Å²) >= 11 is 0.